The highest BCUT2D eigenvalue weighted by molar-refractivity contribution is 5.35. The molecular weight excluding hydrogens is 198 g/mol. The van der Waals surface area contributed by atoms with Crippen LogP contribution < -0.4 is 10.1 Å². The molecule has 0 saturated heterocycles. The average Bonchev–Trinajstić information content (AvgIpc) is 2.96. The van der Waals surface area contributed by atoms with Crippen molar-refractivity contribution in [3.63, 3.8) is 0 Å². The standard InChI is InChI=1S/C14H21NO/c1-13(2,3)15-14(9-10-14)11-5-7-12(16-4)8-6-11/h5-8,15H,9-10H2,1-4H3. The molecule has 0 unspecified atom stereocenters. The van der Waals surface area contributed by atoms with E-state index in [0.717, 1.165) is 5.75 Å². The van der Waals surface area contributed by atoms with Crippen LogP contribution in [-0.2, 0) is 5.54 Å². The third-order valence-electron chi connectivity index (χ3n) is 3.01. The van der Waals surface area contributed by atoms with Gasteiger partial charge in [-0.1, -0.05) is 12.1 Å². The molecule has 1 fully saturated rings. The molecule has 0 bridgehead atoms. The van der Waals surface area contributed by atoms with Crippen LogP contribution in [0.25, 0.3) is 0 Å². The highest BCUT2D eigenvalue weighted by Gasteiger charge is 2.46. The predicted octanol–water partition coefficient (Wildman–Crippen LogP) is 3.07. The van der Waals surface area contributed by atoms with E-state index < -0.39 is 0 Å². The van der Waals surface area contributed by atoms with E-state index in [1.54, 1.807) is 7.11 Å². The molecule has 0 aromatic heterocycles. The summed E-state index contributed by atoms with van der Waals surface area (Å²) in [6.07, 6.45) is 2.47. The third kappa shape index (κ3) is 2.38. The lowest BCUT2D eigenvalue weighted by Gasteiger charge is -2.29. The lowest BCUT2D eigenvalue weighted by atomic mass is 9.99. The zero-order valence-corrected chi connectivity index (χ0v) is 10.6. The first-order valence-electron chi connectivity index (χ1n) is 5.89. The average molecular weight is 219 g/mol. The van der Waals surface area contributed by atoms with E-state index in [0.29, 0.717) is 0 Å². The summed E-state index contributed by atoms with van der Waals surface area (Å²) in [5.41, 5.74) is 1.75. The van der Waals surface area contributed by atoms with Gasteiger partial charge in [-0.3, -0.25) is 0 Å². The van der Waals surface area contributed by atoms with Gasteiger partial charge in [-0.25, -0.2) is 0 Å². The van der Waals surface area contributed by atoms with Gasteiger partial charge in [0.2, 0.25) is 0 Å². The zero-order chi connectivity index (χ0) is 11.8. The fourth-order valence-corrected chi connectivity index (χ4v) is 2.24. The number of rotatable bonds is 3. The Labute approximate surface area is 98.0 Å². The Bertz CT molecular complexity index is 357. The van der Waals surface area contributed by atoms with Gasteiger partial charge in [-0.15, -0.1) is 0 Å². The van der Waals surface area contributed by atoms with Gasteiger partial charge in [0.25, 0.3) is 0 Å². The highest BCUT2D eigenvalue weighted by atomic mass is 16.5. The van der Waals surface area contributed by atoms with E-state index in [1.165, 1.54) is 18.4 Å². The lowest BCUT2D eigenvalue weighted by molar-refractivity contribution is 0.348. The largest absolute Gasteiger partial charge is 0.497 e. The maximum atomic E-state index is 5.18. The number of benzene rings is 1. The molecule has 88 valence electrons. The van der Waals surface area contributed by atoms with Crippen molar-refractivity contribution in [2.75, 3.05) is 7.11 Å². The summed E-state index contributed by atoms with van der Waals surface area (Å²) in [7, 11) is 1.70. The van der Waals surface area contributed by atoms with Gasteiger partial charge in [-0.05, 0) is 51.3 Å². The monoisotopic (exact) mass is 219 g/mol. The molecule has 0 atom stereocenters. The van der Waals surface area contributed by atoms with Crippen LogP contribution in [0.5, 0.6) is 5.75 Å². The number of nitrogens with one attached hydrogen (secondary N) is 1. The van der Waals surface area contributed by atoms with E-state index in [-0.39, 0.29) is 11.1 Å². The normalized spacial score (nSPS) is 18.2. The minimum Gasteiger partial charge on any atom is -0.497 e. The van der Waals surface area contributed by atoms with Gasteiger partial charge in [-0.2, -0.15) is 0 Å². The molecule has 0 aliphatic heterocycles. The summed E-state index contributed by atoms with van der Waals surface area (Å²) < 4.78 is 5.18. The van der Waals surface area contributed by atoms with E-state index >= 15 is 0 Å². The second kappa shape index (κ2) is 3.77. The van der Waals surface area contributed by atoms with Crippen LogP contribution in [0.3, 0.4) is 0 Å². The van der Waals surface area contributed by atoms with E-state index in [9.17, 15) is 0 Å². The topological polar surface area (TPSA) is 21.3 Å². The first kappa shape index (κ1) is 11.5. The quantitative estimate of drug-likeness (QED) is 0.843. The van der Waals surface area contributed by atoms with Crippen molar-refractivity contribution >= 4 is 0 Å². The molecule has 1 aliphatic rings. The Morgan fingerprint density at radius 2 is 1.69 bits per heavy atom. The Kier molecular flexibility index (Phi) is 2.70. The molecule has 1 N–H and O–H groups in total. The van der Waals surface area contributed by atoms with Gasteiger partial charge >= 0.3 is 0 Å². The fourth-order valence-electron chi connectivity index (χ4n) is 2.24. The molecule has 0 spiro atoms. The molecule has 16 heavy (non-hydrogen) atoms. The minimum absolute atomic E-state index is 0.163. The molecule has 2 nitrogen and oxygen atoms in total. The van der Waals surface area contributed by atoms with Crippen LogP contribution in [0.4, 0.5) is 0 Å². The van der Waals surface area contributed by atoms with Crippen molar-refractivity contribution < 1.29 is 4.74 Å². The highest BCUT2D eigenvalue weighted by Crippen LogP contribution is 2.47. The SMILES string of the molecule is COc1ccc(C2(NC(C)(C)C)CC2)cc1. The van der Waals surface area contributed by atoms with Crippen LogP contribution in [-0.4, -0.2) is 12.6 Å². The van der Waals surface area contributed by atoms with Crippen LogP contribution in [0.2, 0.25) is 0 Å². The molecule has 1 aromatic carbocycles. The van der Waals surface area contributed by atoms with Crippen LogP contribution in [0.1, 0.15) is 39.2 Å². The fraction of sp³-hybridized carbons (Fsp3) is 0.571. The first-order valence-corrected chi connectivity index (χ1v) is 5.89. The van der Waals surface area contributed by atoms with Crippen molar-refractivity contribution in [3.05, 3.63) is 29.8 Å². The van der Waals surface area contributed by atoms with Crippen molar-refractivity contribution in [2.45, 2.75) is 44.7 Å². The van der Waals surface area contributed by atoms with E-state index in [4.69, 9.17) is 4.74 Å². The van der Waals surface area contributed by atoms with Gasteiger partial charge in [0.1, 0.15) is 5.75 Å². The Balaban J connectivity index is 2.17. The number of ether oxygens (including phenoxy) is 1. The summed E-state index contributed by atoms with van der Waals surface area (Å²) in [6, 6.07) is 8.43. The lowest BCUT2D eigenvalue weighted by Crippen LogP contribution is -2.43. The maximum absolute atomic E-state index is 5.18. The second-order valence-electron chi connectivity index (χ2n) is 5.69. The maximum Gasteiger partial charge on any atom is 0.118 e. The minimum atomic E-state index is 0.163. The molecule has 0 amide bonds. The van der Waals surface area contributed by atoms with Gasteiger partial charge < -0.3 is 10.1 Å². The molecule has 1 saturated carbocycles. The second-order valence-corrected chi connectivity index (χ2v) is 5.69. The van der Waals surface area contributed by atoms with Crippen molar-refractivity contribution in [1.29, 1.82) is 0 Å². The molecule has 1 aliphatic carbocycles. The zero-order valence-electron chi connectivity index (χ0n) is 10.6. The number of hydrogen-bond donors (Lipinski definition) is 1. The van der Waals surface area contributed by atoms with Gasteiger partial charge in [0.15, 0.2) is 0 Å². The van der Waals surface area contributed by atoms with Crippen molar-refractivity contribution in [3.8, 4) is 5.75 Å². The Hall–Kier alpha value is -1.02. The molecule has 2 rings (SSSR count). The Morgan fingerprint density at radius 3 is 2.06 bits per heavy atom. The summed E-state index contributed by atoms with van der Waals surface area (Å²) in [5.74, 6) is 0.926. The van der Waals surface area contributed by atoms with Crippen molar-refractivity contribution in [2.24, 2.45) is 0 Å². The molecule has 0 radical (unpaired) electrons. The Morgan fingerprint density at radius 1 is 1.12 bits per heavy atom. The van der Waals surface area contributed by atoms with Crippen LogP contribution in [0, 0.1) is 0 Å². The number of methoxy groups -OCH3 is 1. The van der Waals surface area contributed by atoms with Crippen molar-refractivity contribution in [1.82, 2.24) is 5.32 Å². The van der Waals surface area contributed by atoms with Crippen LogP contribution >= 0.6 is 0 Å². The summed E-state index contributed by atoms with van der Waals surface area (Å²) in [6.45, 7) is 6.66. The predicted molar refractivity (Wildman–Crippen MR) is 66.8 cm³/mol. The summed E-state index contributed by atoms with van der Waals surface area (Å²) in [5, 5.41) is 3.72. The third-order valence-corrected chi connectivity index (χ3v) is 3.01. The van der Waals surface area contributed by atoms with E-state index in [1.807, 2.05) is 12.1 Å². The first-order chi connectivity index (χ1) is 7.45. The molecule has 0 heterocycles. The van der Waals surface area contributed by atoms with Crippen LogP contribution in [0.15, 0.2) is 24.3 Å². The van der Waals surface area contributed by atoms with Gasteiger partial charge in [0.05, 0.1) is 7.11 Å². The number of hydrogen-bond acceptors (Lipinski definition) is 2. The molecule has 2 heteroatoms. The van der Waals surface area contributed by atoms with Gasteiger partial charge in [0, 0.05) is 11.1 Å². The molecular formula is C14H21NO. The molecule has 1 aromatic rings. The van der Waals surface area contributed by atoms with E-state index in [2.05, 4.69) is 38.2 Å². The smallest absolute Gasteiger partial charge is 0.118 e. The summed E-state index contributed by atoms with van der Waals surface area (Å²) in [4.78, 5) is 0. The summed E-state index contributed by atoms with van der Waals surface area (Å²) >= 11 is 0.